The fraction of sp³-hybridized carbons (Fsp3) is 0.300. The molecule has 0 radical (unpaired) electrons. The molecule has 3 aromatic rings. The molecule has 10 heteroatoms. The maximum Gasteiger partial charge on any atom is 0.573 e. The molecule has 2 aromatic heterocycles. The fourth-order valence-electron chi connectivity index (χ4n) is 3.52. The van der Waals surface area contributed by atoms with Crippen molar-refractivity contribution in [3.8, 4) is 17.0 Å². The summed E-state index contributed by atoms with van der Waals surface area (Å²) in [4.78, 5) is 27.3. The van der Waals surface area contributed by atoms with Crippen molar-refractivity contribution < 1.29 is 22.7 Å². The highest BCUT2D eigenvalue weighted by Crippen LogP contribution is 2.32. The molecule has 0 unspecified atom stereocenters. The molecule has 1 atom stereocenters. The van der Waals surface area contributed by atoms with E-state index in [-0.39, 0.29) is 17.6 Å². The number of aryl methyl sites for hydroxylation is 1. The Labute approximate surface area is 169 Å². The third-order valence-electron chi connectivity index (χ3n) is 4.98. The predicted octanol–water partition coefficient (Wildman–Crippen LogP) is 3.43. The molecule has 1 amide bonds. The molecule has 30 heavy (non-hydrogen) atoms. The highest BCUT2D eigenvalue weighted by Gasteiger charge is 2.31. The first-order valence-corrected chi connectivity index (χ1v) is 9.21. The number of benzene rings is 1. The summed E-state index contributed by atoms with van der Waals surface area (Å²) in [6, 6.07) is 5.48. The van der Waals surface area contributed by atoms with Gasteiger partial charge in [0.05, 0.1) is 6.33 Å². The van der Waals surface area contributed by atoms with Gasteiger partial charge in [-0.2, -0.15) is 0 Å². The third-order valence-corrected chi connectivity index (χ3v) is 4.98. The van der Waals surface area contributed by atoms with Crippen LogP contribution < -0.4 is 4.74 Å². The van der Waals surface area contributed by atoms with Crippen molar-refractivity contribution in [2.75, 3.05) is 13.1 Å². The van der Waals surface area contributed by atoms with Gasteiger partial charge in [0, 0.05) is 31.6 Å². The van der Waals surface area contributed by atoms with Crippen LogP contribution in [-0.2, 0) is 11.8 Å². The van der Waals surface area contributed by atoms with Crippen molar-refractivity contribution in [2.45, 2.75) is 18.7 Å². The summed E-state index contributed by atoms with van der Waals surface area (Å²) in [7, 11) is 1.80. The molecular formula is C20H18F3N5O2. The maximum atomic E-state index is 12.4. The second kappa shape index (κ2) is 7.43. The summed E-state index contributed by atoms with van der Waals surface area (Å²) < 4.78 is 43.0. The number of rotatable bonds is 4. The first kappa shape index (κ1) is 19.9. The largest absolute Gasteiger partial charge is 0.573 e. The normalized spacial score (nSPS) is 16.8. The number of nitrogens with zero attached hydrogens (tertiary/aromatic N) is 5. The lowest BCUT2D eigenvalue weighted by molar-refractivity contribution is -0.274. The summed E-state index contributed by atoms with van der Waals surface area (Å²) in [5.74, 6) is 0.0580. The quantitative estimate of drug-likeness (QED) is 0.608. The monoisotopic (exact) mass is 417 g/mol. The molecule has 1 fully saturated rings. The van der Waals surface area contributed by atoms with Crippen molar-refractivity contribution >= 4 is 17.1 Å². The van der Waals surface area contributed by atoms with Crippen molar-refractivity contribution in [2.24, 2.45) is 7.05 Å². The average Bonchev–Trinajstić information content (AvgIpc) is 3.34. The molecule has 0 aliphatic carbocycles. The molecule has 4 rings (SSSR count). The first-order chi connectivity index (χ1) is 14.2. The van der Waals surface area contributed by atoms with Gasteiger partial charge in [-0.15, -0.1) is 13.2 Å². The fourth-order valence-corrected chi connectivity index (χ4v) is 3.52. The third kappa shape index (κ3) is 3.85. The number of amides is 1. The molecule has 0 saturated carbocycles. The van der Waals surface area contributed by atoms with Gasteiger partial charge >= 0.3 is 6.36 Å². The number of carbonyl (C=O) groups is 1. The van der Waals surface area contributed by atoms with E-state index < -0.39 is 6.36 Å². The number of halogens is 3. The summed E-state index contributed by atoms with van der Waals surface area (Å²) >= 11 is 0. The molecule has 3 heterocycles. The summed E-state index contributed by atoms with van der Waals surface area (Å²) in [5.41, 5.74) is 2.26. The van der Waals surface area contributed by atoms with Gasteiger partial charge in [-0.25, -0.2) is 15.0 Å². The molecule has 1 aliphatic heterocycles. The average molecular weight is 417 g/mol. The predicted molar refractivity (Wildman–Crippen MR) is 103 cm³/mol. The van der Waals surface area contributed by atoms with Crippen LogP contribution in [0.5, 0.6) is 5.75 Å². The highest BCUT2D eigenvalue weighted by molar-refractivity contribution is 5.88. The van der Waals surface area contributed by atoms with Crippen LogP contribution in [0.1, 0.15) is 18.2 Å². The number of imidazole rings is 1. The van der Waals surface area contributed by atoms with Gasteiger partial charge < -0.3 is 14.2 Å². The van der Waals surface area contributed by atoms with Crippen LogP contribution in [0.25, 0.3) is 22.4 Å². The maximum absolute atomic E-state index is 12.4. The SMILES string of the molecule is C=CC(=O)N1CC[C@H](c2nc(-c3ccc(OC(F)(F)F)cc3)c3ncn(C)c3n2)C1. The number of hydrogen-bond acceptors (Lipinski definition) is 5. The van der Waals surface area contributed by atoms with Crippen molar-refractivity contribution in [1.29, 1.82) is 0 Å². The molecule has 0 spiro atoms. The Hall–Kier alpha value is -3.43. The lowest BCUT2D eigenvalue weighted by atomic mass is 10.1. The van der Waals surface area contributed by atoms with Crippen molar-refractivity contribution in [1.82, 2.24) is 24.4 Å². The minimum atomic E-state index is -4.75. The molecular weight excluding hydrogens is 399 g/mol. The number of likely N-dealkylation sites (tertiary alicyclic amines) is 1. The van der Waals surface area contributed by atoms with E-state index in [9.17, 15) is 18.0 Å². The molecule has 0 N–H and O–H groups in total. The van der Waals surface area contributed by atoms with E-state index in [1.54, 1.807) is 22.8 Å². The lowest BCUT2D eigenvalue weighted by Crippen LogP contribution is -2.26. The Morgan fingerprint density at radius 2 is 2.00 bits per heavy atom. The number of fused-ring (bicyclic) bond motifs is 1. The Morgan fingerprint density at radius 3 is 2.67 bits per heavy atom. The standard InChI is InChI=1S/C20H18F3N5O2/c1-3-15(29)28-9-8-13(10-28)18-25-16(17-19(26-18)27(2)11-24-17)12-4-6-14(7-5-12)30-20(21,22)23/h3-7,11,13H,1,8-10H2,2H3/t13-/m0/s1. The zero-order valence-corrected chi connectivity index (χ0v) is 16.1. The van der Waals surface area contributed by atoms with Crippen LogP contribution in [0.3, 0.4) is 0 Å². The van der Waals surface area contributed by atoms with Crippen LogP contribution in [0.15, 0.2) is 43.2 Å². The van der Waals surface area contributed by atoms with Crippen LogP contribution in [0.2, 0.25) is 0 Å². The van der Waals surface area contributed by atoms with Gasteiger partial charge in [-0.05, 0) is 36.8 Å². The molecule has 156 valence electrons. The van der Waals surface area contributed by atoms with Gasteiger partial charge in [0.1, 0.15) is 22.8 Å². The molecule has 1 saturated heterocycles. The zero-order chi connectivity index (χ0) is 21.5. The number of ether oxygens (including phenoxy) is 1. The van der Waals surface area contributed by atoms with Crippen LogP contribution in [-0.4, -0.2) is 49.8 Å². The van der Waals surface area contributed by atoms with E-state index >= 15 is 0 Å². The Kier molecular flexibility index (Phi) is 4.92. The molecule has 1 aromatic carbocycles. The van der Waals surface area contributed by atoms with E-state index in [4.69, 9.17) is 0 Å². The number of carbonyl (C=O) groups excluding carboxylic acids is 1. The highest BCUT2D eigenvalue weighted by atomic mass is 19.4. The summed E-state index contributed by atoms with van der Waals surface area (Å²) in [6.07, 6.45) is -1.16. The smallest absolute Gasteiger partial charge is 0.406 e. The van der Waals surface area contributed by atoms with Crippen molar-refractivity contribution in [3.63, 3.8) is 0 Å². The topological polar surface area (TPSA) is 73.1 Å². The van der Waals surface area contributed by atoms with Gasteiger partial charge in [-0.3, -0.25) is 4.79 Å². The van der Waals surface area contributed by atoms with Crippen LogP contribution >= 0.6 is 0 Å². The molecule has 7 nitrogen and oxygen atoms in total. The lowest BCUT2D eigenvalue weighted by Gasteiger charge is -2.14. The zero-order valence-electron chi connectivity index (χ0n) is 16.1. The van der Waals surface area contributed by atoms with Gasteiger partial charge in [0.2, 0.25) is 5.91 Å². The number of hydrogen-bond donors (Lipinski definition) is 0. The van der Waals surface area contributed by atoms with Gasteiger partial charge in [-0.1, -0.05) is 6.58 Å². The van der Waals surface area contributed by atoms with E-state index in [1.807, 2.05) is 0 Å². The second-order valence-corrected chi connectivity index (χ2v) is 7.00. The van der Waals surface area contributed by atoms with E-state index in [0.717, 1.165) is 0 Å². The number of alkyl halides is 3. The molecule has 1 aliphatic rings. The van der Waals surface area contributed by atoms with Gasteiger partial charge in [0.15, 0.2) is 5.65 Å². The van der Waals surface area contributed by atoms with Crippen LogP contribution in [0.4, 0.5) is 13.2 Å². The van der Waals surface area contributed by atoms with Gasteiger partial charge in [0.25, 0.3) is 0 Å². The van der Waals surface area contributed by atoms with Crippen molar-refractivity contribution in [3.05, 3.63) is 49.1 Å². The van der Waals surface area contributed by atoms with E-state index in [2.05, 4.69) is 26.3 Å². The van der Waals surface area contributed by atoms with Crippen LogP contribution in [0, 0.1) is 0 Å². The summed E-state index contributed by atoms with van der Waals surface area (Å²) in [5, 5.41) is 0. The minimum Gasteiger partial charge on any atom is -0.406 e. The molecule has 0 bridgehead atoms. The first-order valence-electron chi connectivity index (χ1n) is 9.21. The Morgan fingerprint density at radius 1 is 1.27 bits per heavy atom. The summed E-state index contributed by atoms with van der Waals surface area (Å²) in [6.45, 7) is 4.58. The minimum absolute atomic E-state index is 0.0558. The Bertz CT molecular complexity index is 1110. The van der Waals surface area contributed by atoms with E-state index in [0.29, 0.717) is 47.8 Å². The van der Waals surface area contributed by atoms with E-state index in [1.165, 1.54) is 30.3 Å². The number of aromatic nitrogens is 4. The Balaban J connectivity index is 1.71. The second-order valence-electron chi connectivity index (χ2n) is 7.00.